The van der Waals surface area contributed by atoms with E-state index in [1.165, 1.54) is 0 Å². The average molecular weight is 443 g/mol. The minimum Gasteiger partial charge on any atom is -0.381 e. The Labute approximate surface area is 160 Å². The largest absolute Gasteiger partial charge is 0.381 e. The van der Waals surface area contributed by atoms with Crippen molar-refractivity contribution >= 4 is 35.6 Å². The van der Waals surface area contributed by atoms with Gasteiger partial charge >= 0.3 is 0 Å². The molecule has 0 aromatic carbocycles. The molecule has 3 rings (SSSR count). The molecule has 0 bridgehead atoms. The minimum atomic E-state index is 0. The molecule has 0 saturated heterocycles. The Hall–Kier alpha value is -1.35. The first kappa shape index (κ1) is 19.0. The predicted molar refractivity (Wildman–Crippen MR) is 107 cm³/mol. The molecular formula is C17H26IN5O. The normalized spacial score (nSPS) is 22.6. The number of pyridine rings is 1. The molecule has 2 aromatic rings. The number of guanidine groups is 1. The fourth-order valence-corrected chi connectivity index (χ4v) is 3.14. The molecule has 132 valence electrons. The molecular weight excluding hydrogens is 417 g/mol. The summed E-state index contributed by atoms with van der Waals surface area (Å²) in [7, 11) is 3.57. The van der Waals surface area contributed by atoms with Gasteiger partial charge in [-0.2, -0.15) is 0 Å². The third-order valence-corrected chi connectivity index (χ3v) is 4.85. The summed E-state index contributed by atoms with van der Waals surface area (Å²) < 4.78 is 7.52. The third-order valence-electron chi connectivity index (χ3n) is 4.85. The summed E-state index contributed by atoms with van der Waals surface area (Å²) in [5.41, 5.74) is 2.05. The summed E-state index contributed by atoms with van der Waals surface area (Å²) in [6.07, 6.45) is 5.33. The van der Waals surface area contributed by atoms with E-state index in [4.69, 9.17) is 4.74 Å². The molecule has 24 heavy (non-hydrogen) atoms. The molecule has 1 aliphatic carbocycles. The number of hydrogen-bond donors (Lipinski definition) is 2. The monoisotopic (exact) mass is 443 g/mol. The van der Waals surface area contributed by atoms with Gasteiger partial charge in [0.25, 0.3) is 0 Å². The molecule has 0 aliphatic heterocycles. The fraction of sp³-hybridized carbons (Fsp3) is 0.529. The van der Waals surface area contributed by atoms with Crippen molar-refractivity contribution in [2.24, 2.45) is 10.4 Å². The summed E-state index contributed by atoms with van der Waals surface area (Å²) in [6, 6.07) is 6.35. The van der Waals surface area contributed by atoms with Crippen molar-refractivity contribution in [1.29, 1.82) is 0 Å². The number of halogens is 1. The number of methoxy groups -OCH3 is 1. The van der Waals surface area contributed by atoms with Gasteiger partial charge in [0, 0.05) is 38.0 Å². The van der Waals surface area contributed by atoms with Gasteiger partial charge in [0.15, 0.2) is 5.96 Å². The first-order chi connectivity index (χ1) is 11.0. The second-order valence-corrected chi connectivity index (χ2v) is 6.60. The maximum Gasteiger partial charge on any atom is 0.191 e. The van der Waals surface area contributed by atoms with Gasteiger partial charge in [-0.3, -0.25) is 4.99 Å². The molecule has 1 fully saturated rings. The summed E-state index contributed by atoms with van der Waals surface area (Å²) in [5.74, 6) is 0.801. The van der Waals surface area contributed by atoms with E-state index in [9.17, 15) is 0 Å². The SMILES string of the molecule is CN=C(NCc1cn2ccccc2n1)NC1CC(OC)C1(C)C.I. The van der Waals surface area contributed by atoms with E-state index in [1.807, 2.05) is 35.0 Å². The maximum atomic E-state index is 5.50. The van der Waals surface area contributed by atoms with E-state index in [0.29, 0.717) is 18.7 Å². The zero-order valence-electron chi connectivity index (χ0n) is 14.6. The highest BCUT2D eigenvalue weighted by atomic mass is 127. The van der Waals surface area contributed by atoms with Gasteiger partial charge in [-0.25, -0.2) is 4.98 Å². The lowest BCUT2D eigenvalue weighted by atomic mass is 9.64. The van der Waals surface area contributed by atoms with Gasteiger partial charge in [-0.1, -0.05) is 19.9 Å². The van der Waals surface area contributed by atoms with Crippen LogP contribution in [0.2, 0.25) is 0 Å². The second kappa shape index (κ2) is 7.69. The van der Waals surface area contributed by atoms with Crippen molar-refractivity contribution in [2.45, 2.75) is 39.0 Å². The first-order valence-electron chi connectivity index (χ1n) is 7.97. The number of aliphatic imine (C=N–C) groups is 1. The molecule has 2 N–H and O–H groups in total. The number of ether oxygens (including phenoxy) is 1. The van der Waals surface area contributed by atoms with Crippen molar-refractivity contribution in [3.05, 3.63) is 36.3 Å². The Morgan fingerprint density at radius 2 is 2.25 bits per heavy atom. The van der Waals surface area contributed by atoms with Crippen LogP contribution >= 0.6 is 24.0 Å². The van der Waals surface area contributed by atoms with Crippen LogP contribution in [0.4, 0.5) is 0 Å². The number of fused-ring (bicyclic) bond motifs is 1. The zero-order valence-corrected chi connectivity index (χ0v) is 16.9. The molecule has 1 saturated carbocycles. The van der Waals surface area contributed by atoms with Crippen LogP contribution < -0.4 is 10.6 Å². The van der Waals surface area contributed by atoms with Crippen LogP contribution in [0.1, 0.15) is 26.0 Å². The van der Waals surface area contributed by atoms with E-state index in [1.54, 1.807) is 14.2 Å². The fourth-order valence-electron chi connectivity index (χ4n) is 3.14. The quantitative estimate of drug-likeness (QED) is 0.433. The first-order valence-corrected chi connectivity index (χ1v) is 7.97. The lowest BCUT2D eigenvalue weighted by Gasteiger charge is -2.51. The highest BCUT2D eigenvalue weighted by Gasteiger charge is 2.48. The third kappa shape index (κ3) is 3.66. The van der Waals surface area contributed by atoms with Crippen LogP contribution in [-0.2, 0) is 11.3 Å². The molecule has 0 amide bonds. The molecule has 0 spiro atoms. The number of imidazole rings is 1. The Kier molecular flexibility index (Phi) is 6.08. The van der Waals surface area contributed by atoms with Crippen LogP contribution in [0, 0.1) is 5.41 Å². The maximum absolute atomic E-state index is 5.50. The molecule has 2 heterocycles. The summed E-state index contributed by atoms with van der Waals surface area (Å²) in [5, 5.41) is 6.82. The van der Waals surface area contributed by atoms with E-state index in [2.05, 4.69) is 34.5 Å². The summed E-state index contributed by atoms with van der Waals surface area (Å²) in [6.45, 7) is 5.08. The molecule has 1 aliphatic rings. The smallest absolute Gasteiger partial charge is 0.191 e. The number of hydrogen-bond acceptors (Lipinski definition) is 3. The zero-order chi connectivity index (χ0) is 16.4. The second-order valence-electron chi connectivity index (χ2n) is 6.60. The van der Waals surface area contributed by atoms with Crippen molar-refractivity contribution in [3.63, 3.8) is 0 Å². The standard InChI is InChI=1S/C17H25N5O.HI/c1-17(2)13(9-14(17)23-4)21-16(18-3)19-10-12-11-22-8-6-5-7-15(22)20-12;/h5-8,11,13-14H,9-10H2,1-4H3,(H2,18,19,21);1H. The minimum absolute atomic E-state index is 0. The van der Waals surface area contributed by atoms with E-state index in [-0.39, 0.29) is 29.4 Å². The van der Waals surface area contributed by atoms with Crippen LogP contribution in [0.25, 0.3) is 5.65 Å². The molecule has 7 heteroatoms. The van der Waals surface area contributed by atoms with E-state index < -0.39 is 0 Å². The summed E-state index contributed by atoms with van der Waals surface area (Å²) in [4.78, 5) is 8.90. The Morgan fingerprint density at radius 1 is 1.46 bits per heavy atom. The van der Waals surface area contributed by atoms with Crippen LogP contribution in [0.15, 0.2) is 35.6 Å². The van der Waals surface area contributed by atoms with E-state index >= 15 is 0 Å². The van der Waals surface area contributed by atoms with Crippen LogP contribution in [0.3, 0.4) is 0 Å². The highest BCUT2D eigenvalue weighted by molar-refractivity contribution is 14.0. The lowest BCUT2D eigenvalue weighted by molar-refractivity contribution is -0.0922. The van der Waals surface area contributed by atoms with Crippen LogP contribution in [-0.4, -0.2) is 41.6 Å². The van der Waals surface area contributed by atoms with Gasteiger partial charge in [-0.15, -0.1) is 24.0 Å². The topological polar surface area (TPSA) is 63.0 Å². The molecule has 0 radical (unpaired) electrons. The van der Waals surface area contributed by atoms with Gasteiger partial charge in [0.1, 0.15) is 5.65 Å². The Bertz CT molecular complexity index is 679. The number of aromatic nitrogens is 2. The summed E-state index contributed by atoms with van der Waals surface area (Å²) >= 11 is 0. The number of nitrogens with zero attached hydrogens (tertiary/aromatic N) is 3. The number of rotatable bonds is 4. The molecule has 6 nitrogen and oxygen atoms in total. The van der Waals surface area contributed by atoms with Crippen molar-refractivity contribution in [2.75, 3.05) is 14.2 Å². The molecule has 2 atom stereocenters. The average Bonchev–Trinajstić information content (AvgIpc) is 2.96. The van der Waals surface area contributed by atoms with E-state index in [0.717, 1.165) is 23.7 Å². The van der Waals surface area contributed by atoms with Gasteiger partial charge in [0.2, 0.25) is 0 Å². The Balaban J connectivity index is 0.00000208. The van der Waals surface area contributed by atoms with Gasteiger partial charge in [0.05, 0.1) is 18.3 Å². The van der Waals surface area contributed by atoms with Crippen molar-refractivity contribution in [1.82, 2.24) is 20.0 Å². The van der Waals surface area contributed by atoms with Crippen molar-refractivity contribution < 1.29 is 4.74 Å². The highest BCUT2D eigenvalue weighted by Crippen LogP contribution is 2.42. The molecule has 2 unspecified atom stereocenters. The number of nitrogens with one attached hydrogen (secondary N) is 2. The van der Waals surface area contributed by atoms with Gasteiger partial charge in [-0.05, 0) is 18.6 Å². The lowest BCUT2D eigenvalue weighted by Crippen LogP contribution is -2.63. The molecule has 2 aromatic heterocycles. The van der Waals surface area contributed by atoms with Crippen LogP contribution in [0.5, 0.6) is 0 Å². The predicted octanol–water partition coefficient (Wildman–Crippen LogP) is 2.43. The van der Waals surface area contributed by atoms with Gasteiger partial charge < -0.3 is 19.8 Å². The van der Waals surface area contributed by atoms with Crippen molar-refractivity contribution in [3.8, 4) is 0 Å². The Morgan fingerprint density at radius 3 is 2.88 bits per heavy atom.